The van der Waals surface area contributed by atoms with Crippen LogP contribution in [0, 0.1) is 5.92 Å². The van der Waals surface area contributed by atoms with E-state index >= 15 is 0 Å². The van der Waals surface area contributed by atoms with Crippen LogP contribution in [0.5, 0.6) is 0 Å². The maximum absolute atomic E-state index is 4.59. The Balaban J connectivity index is 1.59. The number of rotatable bonds is 3. The number of aromatic nitrogens is 2. The second-order valence-electron chi connectivity index (χ2n) is 5.69. The third kappa shape index (κ3) is 2.71. The predicted octanol–water partition coefficient (Wildman–Crippen LogP) is 2.61. The van der Waals surface area contributed by atoms with E-state index in [2.05, 4.69) is 21.5 Å². The van der Waals surface area contributed by atoms with Crippen molar-refractivity contribution in [2.24, 2.45) is 5.92 Å². The van der Waals surface area contributed by atoms with E-state index in [1.54, 1.807) is 0 Å². The number of piperidine rings is 1. The standard InChI is InChI=1S/C14H23N3/c1-2-6-12(5-1)14-16-10-13(17-14)8-11-4-3-7-15-9-11/h10-12,15H,1-9H2,(H,16,17). The average molecular weight is 233 g/mol. The molecule has 1 unspecified atom stereocenters. The summed E-state index contributed by atoms with van der Waals surface area (Å²) in [6, 6.07) is 0. The Morgan fingerprint density at radius 1 is 1.18 bits per heavy atom. The second kappa shape index (κ2) is 5.21. The fourth-order valence-corrected chi connectivity index (χ4v) is 3.30. The highest BCUT2D eigenvalue weighted by atomic mass is 14.9. The quantitative estimate of drug-likeness (QED) is 0.842. The van der Waals surface area contributed by atoms with Gasteiger partial charge in [-0.3, -0.25) is 0 Å². The fourth-order valence-electron chi connectivity index (χ4n) is 3.30. The highest BCUT2D eigenvalue weighted by Crippen LogP contribution is 2.32. The smallest absolute Gasteiger partial charge is 0.109 e. The molecule has 0 amide bonds. The molecule has 1 aliphatic carbocycles. The first-order valence-electron chi connectivity index (χ1n) is 7.16. The molecule has 0 radical (unpaired) electrons. The Morgan fingerprint density at radius 2 is 2.06 bits per heavy atom. The molecule has 94 valence electrons. The Hall–Kier alpha value is -0.830. The van der Waals surface area contributed by atoms with Crippen LogP contribution in [0.25, 0.3) is 0 Å². The van der Waals surface area contributed by atoms with E-state index in [-0.39, 0.29) is 0 Å². The lowest BCUT2D eigenvalue weighted by Gasteiger charge is -2.21. The molecule has 2 fully saturated rings. The van der Waals surface area contributed by atoms with Crippen LogP contribution in [0.3, 0.4) is 0 Å². The summed E-state index contributed by atoms with van der Waals surface area (Å²) in [7, 11) is 0. The van der Waals surface area contributed by atoms with Crippen LogP contribution in [-0.4, -0.2) is 23.1 Å². The zero-order valence-electron chi connectivity index (χ0n) is 10.5. The van der Waals surface area contributed by atoms with Crippen molar-refractivity contribution in [3.8, 4) is 0 Å². The average Bonchev–Trinajstić information content (AvgIpc) is 3.00. The molecule has 1 saturated heterocycles. The van der Waals surface area contributed by atoms with Gasteiger partial charge in [-0.2, -0.15) is 0 Å². The van der Waals surface area contributed by atoms with Crippen molar-refractivity contribution < 1.29 is 0 Å². The number of hydrogen-bond donors (Lipinski definition) is 2. The third-order valence-corrected chi connectivity index (χ3v) is 4.30. The molecular formula is C14H23N3. The van der Waals surface area contributed by atoms with Gasteiger partial charge in [0.2, 0.25) is 0 Å². The van der Waals surface area contributed by atoms with Gasteiger partial charge in [-0.25, -0.2) is 4.98 Å². The van der Waals surface area contributed by atoms with E-state index in [1.807, 2.05) is 0 Å². The molecule has 2 heterocycles. The minimum atomic E-state index is 0.716. The van der Waals surface area contributed by atoms with Gasteiger partial charge in [0.05, 0.1) is 0 Å². The van der Waals surface area contributed by atoms with Gasteiger partial charge in [-0.15, -0.1) is 0 Å². The molecular weight excluding hydrogens is 210 g/mol. The molecule has 3 nitrogen and oxygen atoms in total. The Bertz CT molecular complexity index is 346. The zero-order valence-corrected chi connectivity index (χ0v) is 10.5. The first-order valence-corrected chi connectivity index (χ1v) is 7.16. The van der Waals surface area contributed by atoms with Crippen molar-refractivity contribution in [2.75, 3.05) is 13.1 Å². The van der Waals surface area contributed by atoms with Gasteiger partial charge < -0.3 is 10.3 Å². The Morgan fingerprint density at radius 3 is 2.82 bits per heavy atom. The van der Waals surface area contributed by atoms with Crippen LogP contribution in [0.1, 0.15) is 56.0 Å². The summed E-state index contributed by atoms with van der Waals surface area (Å²) in [5.74, 6) is 2.77. The monoisotopic (exact) mass is 233 g/mol. The molecule has 17 heavy (non-hydrogen) atoms. The summed E-state index contributed by atoms with van der Waals surface area (Å²) in [4.78, 5) is 8.15. The molecule has 3 heteroatoms. The lowest BCUT2D eigenvalue weighted by molar-refractivity contribution is 0.374. The van der Waals surface area contributed by atoms with E-state index in [0.717, 1.165) is 5.92 Å². The molecule has 3 rings (SSSR count). The summed E-state index contributed by atoms with van der Waals surface area (Å²) in [5, 5.41) is 3.48. The molecule has 1 saturated carbocycles. The number of imidazole rings is 1. The second-order valence-corrected chi connectivity index (χ2v) is 5.69. The van der Waals surface area contributed by atoms with E-state index < -0.39 is 0 Å². The maximum Gasteiger partial charge on any atom is 0.109 e. The topological polar surface area (TPSA) is 40.7 Å². The van der Waals surface area contributed by atoms with Crippen LogP contribution < -0.4 is 5.32 Å². The van der Waals surface area contributed by atoms with Crippen LogP contribution in [0.4, 0.5) is 0 Å². The summed E-state index contributed by atoms with van der Waals surface area (Å²) >= 11 is 0. The number of hydrogen-bond acceptors (Lipinski definition) is 2. The van der Waals surface area contributed by atoms with Gasteiger partial charge >= 0.3 is 0 Å². The highest BCUT2D eigenvalue weighted by molar-refractivity contribution is 5.07. The van der Waals surface area contributed by atoms with Crippen molar-refractivity contribution in [2.45, 2.75) is 50.9 Å². The first-order chi connectivity index (χ1) is 8.42. The van der Waals surface area contributed by atoms with Crippen LogP contribution in [0.2, 0.25) is 0 Å². The zero-order chi connectivity index (χ0) is 11.5. The summed E-state index contributed by atoms with van der Waals surface area (Å²) < 4.78 is 0. The molecule has 0 spiro atoms. The lowest BCUT2D eigenvalue weighted by Crippen LogP contribution is -2.30. The molecule has 0 aromatic carbocycles. The molecule has 2 N–H and O–H groups in total. The first kappa shape index (κ1) is 11.3. The minimum absolute atomic E-state index is 0.716. The molecule has 1 atom stereocenters. The largest absolute Gasteiger partial charge is 0.346 e. The normalized spacial score (nSPS) is 26.5. The molecule has 1 aromatic heterocycles. The number of nitrogens with one attached hydrogen (secondary N) is 2. The van der Waals surface area contributed by atoms with Gasteiger partial charge in [0, 0.05) is 17.8 Å². The van der Waals surface area contributed by atoms with E-state index in [4.69, 9.17) is 0 Å². The van der Waals surface area contributed by atoms with E-state index in [1.165, 1.54) is 69.6 Å². The van der Waals surface area contributed by atoms with E-state index in [9.17, 15) is 0 Å². The molecule has 2 aliphatic rings. The van der Waals surface area contributed by atoms with Gasteiger partial charge in [-0.05, 0) is 51.1 Å². The van der Waals surface area contributed by atoms with Gasteiger partial charge in [0.1, 0.15) is 5.82 Å². The van der Waals surface area contributed by atoms with Gasteiger partial charge in [0.15, 0.2) is 0 Å². The van der Waals surface area contributed by atoms with Crippen molar-refractivity contribution in [3.63, 3.8) is 0 Å². The number of nitrogens with zero attached hydrogens (tertiary/aromatic N) is 1. The Labute approximate surface area is 103 Å². The predicted molar refractivity (Wildman–Crippen MR) is 69.1 cm³/mol. The van der Waals surface area contributed by atoms with Crippen molar-refractivity contribution in [1.82, 2.24) is 15.3 Å². The van der Waals surface area contributed by atoms with E-state index in [0.29, 0.717) is 5.92 Å². The van der Waals surface area contributed by atoms with Crippen LogP contribution in [-0.2, 0) is 6.42 Å². The van der Waals surface area contributed by atoms with Crippen LogP contribution >= 0.6 is 0 Å². The SMILES string of the molecule is c1nc(C2CCCC2)[nH]c1CC1CCCNC1. The molecule has 0 bridgehead atoms. The third-order valence-electron chi connectivity index (χ3n) is 4.30. The Kier molecular flexibility index (Phi) is 3.46. The summed E-state index contributed by atoms with van der Waals surface area (Å²) in [6.45, 7) is 2.38. The van der Waals surface area contributed by atoms with Crippen LogP contribution in [0.15, 0.2) is 6.20 Å². The van der Waals surface area contributed by atoms with Crippen molar-refractivity contribution >= 4 is 0 Å². The minimum Gasteiger partial charge on any atom is -0.346 e. The maximum atomic E-state index is 4.59. The highest BCUT2D eigenvalue weighted by Gasteiger charge is 2.20. The fraction of sp³-hybridized carbons (Fsp3) is 0.786. The lowest BCUT2D eigenvalue weighted by atomic mass is 9.95. The van der Waals surface area contributed by atoms with Gasteiger partial charge in [-0.1, -0.05) is 12.8 Å². The summed E-state index contributed by atoms with van der Waals surface area (Å²) in [6.07, 6.45) is 11.4. The number of H-pyrrole nitrogens is 1. The molecule has 1 aliphatic heterocycles. The van der Waals surface area contributed by atoms with Crippen molar-refractivity contribution in [3.05, 3.63) is 17.7 Å². The number of aromatic amines is 1. The van der Waals surface area contributed by atoms with Crippen molar-refractivity contribution in [1.29, 1.82) is 0 Å². The molecule has 1 aromatic rings. The van der Waals surface area contributed by atoms with Gasteiger partial charge in [0.25, 0.3) is 0 Å². The summed E-state index contributed by atoms with van der Waals surface area (Å²) in [5.41, 5.74) is 1.35.